The van der Waals surface area contributed by atoms with Crippen LogP contribution in [-0.2, 0) is 0 Å². The van der Waals surface area contributed by atoms with Gasteiger partial charge in [-0.05, 0) is 23.5 Å². The van der Waals surface area contributed by atoms with E-state index in [4.69, 9.17) is 0 Å². The van der Waals surface area contributed by atoms with Gasteiger partial charge in [0.05, 0.1) is 5.56 Å². The molecule has 0 unspecified atom stereocenters. The third kappa shape index (κ3) is 4.05. The summed E-state index contributed by atoms with van der Waals surface area (Å²) in [7, 11) is 0. The molecule has 0 fully saturated rings. The molecule has 1 heterocycles. The van der Waals surface area contributed by atoms with Crippen molar-refractivity contribution >= 4 is 34.3 Å². The van der Waals surface area contributed by atoms with Crippen molar-refractivity contribution in [3.05, 3.63) is 108 Å². The number of hydrogen-bond donors (Lipinski definition) is 0. The normalized spacial score (nSPS) is 11.5. The van der Waals surface area contributed by atoms with Gasteiger partial charge in [-0.25, -0.2) is 0 Å². The fourth-order valence-corrected chi connectivity index (χ4v) is 4.70. The lowest BCUT2D eigenvalue weighted by Gasteiger charge is -2.04. The first-order valence-corrected chi connectivity index (χ1v) is 10.8. The Bertz CT molecular complexity index is 1040. The van der Waals surface area contributed by atoms with E-state index in [0.29, 0.717) is 0 Å². The summed E-state index contributed by atoms with van der Waals surface area (Å²) in [4.78, 5) is 2.54. The first-order chi connectivity index (χ1) is 13.3. The van der Waals surface area contributed by atoms with Gasteiger partial charge in [-0.1, -0.05) is 78.9 Å². The van der Waals surface area contributed by atoms with Crippen LogP contribution in [0.25, 0.3) is 27.8 Å². The summed E-state index contributed by atoms with van der Waals surface area (Å²) in [6.07, 6.45) is 6.69. The molecule has 4 aromatic rings. The summed E-state index contributed by atoms with van der Waals surface area (Å²) in [5, 5.41) is 0. The predicted octanol–water partition coefficient (Wildman–Crippen LogP) is 6.55. The van der Waals surface area contributed by atoms with E-state index in [1.807, 2.05) is 0 Å². The molecule has 4 rings (SSSR count). The third-order valence-electron chi connectivity index (χ3n) is 4.34. The summed E-state index contributed by atoms with van der Waals surface area (Å²) in [5.41, 5.74) is 4.93. The second-order valence-corrected chi connectivity index (χ2v) is 7.97. The van der Waals surface area contributed by atoms with Crippen LogP contribution in [0.1, 0.15) is 10.4 Å². The highest BCUT2D eigenvalue weighted by Crippen LogP contribution is 2.33. The lowest BCUT2D eigenvalue weighted by atomic mass is 10.1. The molecule has 0 radical (unpaired) electrons. The number of rotatable bonds is 5. The van der Waals surface area contributed by atoms with Gasteiger partial charge in [0.15, 0.2) is 6.20 Å². The Balaban J connectivity index is 1.86. The highest BCUT2D eigenvalue weighted by molar-refractivity contribution is 8.07. The Kier molecular flexibility index (Phi) is 5.52. The number of aromatic nitrogens is 1. The Labute approximate surface area is 168 Å². The maximum absolute atomic E-state index is 2.31. The maximum atomic E-state index is 2.31. The molecule has 0 saturated carbocycles. The van der Waals surface area contributed by atoms with Crippen molar-refractivity contribution in [2.24, 2.45) is 0 Å². The first kappa shape index (κ1) is 17.8. The van der Waals surface area contributed by atoms with E-state index in [0.717, 1.165) is 0 Å². The quantitative estimate of drug-likeness (QED) is 0.352. The van der Waals surface area contributed by atoms with E-state index >= 15 is 0 Å². The maximum Gasteiger partial charge on any atom is 0.224 e. The van der Waals surface area contributed by atoms with Gasteiger partial charge in [-0.2, -0.15) is 0 Å². The Morgan fingerprint density at radius 1 is 0.815 bits per heavy atom. The molecule has 1 nitrogen and oxygen atoms in total. The second-order valence-electron chi connectivity index (χ2n) is 6.10. The van der Waals surface area contributed by atoms with Gasteiger partial charge in [0, 0.05) is 17.0 Å². The molecule has 0 aliphatic rings. The van der Waals surface area contributed by atoms with Gasteiger partial charge in [-0.3, -0.25) is 0 Å². The van der Waals surface area contributed by atoms with E-state index in [-0.39, 0.29) is 0 Å². The molecular formula is C24H20NS2+. The van der Waals surface area contributed by atoms with Crippen molar-refractivity contribution in [2.75, 3.05) is 6.26 Å². The van der Waals surface area contributed by atoms with Crippen LogP contribution in [0.2, 0.25) is 0 Å². The molecule has 0 atom stereocenters. The van der Waals surface area contributed by atoms with Gasteiger partial charge in [0.1, 0.15) is 16.4 Å². The molecule has 132 valence electrons. The van der Waals surface area contributed by atoms with Crippen LogP contribution in [0.4, 0.5) is 0 Å². The molecule has 0 spiro atoms. The minimum Gasteiger partial charge on any atom is -0.129 e. The number of nitrogens with zero attached hydrogens (tertiary/aromatic N) is 1. The van der Waals surface area contributed by atoms with Crippen LogP contribution in [0.5, 0.6) is 0 Å². The van der Waals surface area contributed by atoms with Crippen LogP contribution >= 0.6 is 23.3 Å². The van der Waals surface area contributed by atoms with Crippen molar-refractivity contribution in [1.29, 1.82) is 0 Å². The van der Waals surface area contributed by atoms with E-state index in [9.17, 15) is 0 Å². The highest BCUT2D eigenvalue weighted by atomic mass is 32.2. The number of benzene rings is 3. The molecule has 3 heteroatoms. The summed E-state index contributed by atoms with van der Waals surface area (Å²) >= 11 is 3.56. The molecular weight excluding hydrogens is 366 g/mol. The topological polar surface area (TPSA) is 3.88 Å². The fourth-order valence-electron chi connectivity index (χ4n) is 2.98. The van der Waals surface area contributed by atoms with Crippen molar-refractivity contribution < 1.29 is 3.96 Å². The van der Waals surface area contributed by atoms with Gasteiger partial charge >= 0.3 is 0 Å². The molecule has 3 aromatic carbocycles. The van der Waals surface area contributed by atoms with Crippen molar-refractivity contribution in [1.82, 2.24) is 0 Å². The van der Waals surface area contributed by atoms with Gasteiger partial charge in [-0.15, -0.1) is 15.7 Å². The molecule has 0 aliphatic carbocycles. The number of para-hydroxylation sites is 1. The van der Waals surface area contributed by atoms with Crippen LogP contribution in [0.3, 0.4) is 0 Å². The standard InChI is InChI=1S/C24H20NS2/c1-26-23(20-13-7-3-8-14-20)17-24-22(19-11-5-2-6-12-19)18-25(27-24)21-15-9-4-10-16-21/h2-18H,1H3/q+1/b23-17+. The van der Waals surface area contributed by atoms with Gasteiger partial charge in [0.2, 0.25) is 5.69 Å². The minimum atomic E-state index is 1.18. The summed E-state index contributed by atoms with van der Waals surface area (Å²) < 4.78 is 2.25. The molecule has 0 aliphatic heterocycles. The van der Waals surface area contributed by atoms with Gasteiger partial charge in [0.25, 0.3) is 0 Å². The lowest BCUT2D eigenvalue weighted by Crippen LogP contribution is -2.23. The van der Waals surface area contributed by atoms with Crippen LogP contribution in [0.15, 0.2) is 97.2 Å². The molecule has 0 saturated heterocycles. The summed E-state index contributed by atoms with van der Waals surface area (Å²) in [6.45, 7) is 0. The SMILES string of the molecule is CS/C(=C/c1s[n+](-c2ccccc2)cc1-c1ccccc1)c1ccccc1. The number of thioether (sulfide) groups is 1. The van der Waals surface area contributed by atoms with Crippen LogP contribution in [0, 0.1) is 0 Å². The molecule has 0 amide bonds. The van der Waals surface area contributed by atoms with Crippen LogP contribution < -0.4 is 3.96 Å². The largest absolute Gasteiger partial charge is 0.224 e. The average molecular weight is 387 g/mol. The van der Waals surface area contributed by atoms with E-state index in [1.165, 1.54) is 32.2 Å². The van der Waals surface area contributed by atoms with Crippen LogP contribution in [-0.4, -0.2) is 6.26 Å². The predicted molar refractivity (Wildman–Crippen MR) is 119 cm³/mol. The zero-order valence-corrected chi connectivity index (χ0v) is 16.7. The third-order valence-corrected chi connectivity index (χ3v) is 6.19. The molecule has 0 N–H and O–H groups in total. The molecule has 1 aromatic heterocycles. The highest BCUT2D eigenvalue weighted by Gasteiger charge is 2.19. The van der Waals surface area contributed by atoms with Crippen molar-refractivity contribution in [3.63, 3.8) is 0 Å². The second kappa shape index (κ2) is 8.38. The zero-order valence-electron chi connectivity index (χ0n) is 15.1. The average Bonchev–Trinajstić information content (AvgIpc) is 3.18. The van der Waals surface area contributed by atoms with E-state index in [2.05, 4.69) is 113 Å². The van der Waals surface area contributed by atoms with E-state index < -0.39 is 0 Å². The Morgan fingerprint density at radius 2 is 1.41 bits per heavy atom. The zero-order chi connectivity index (χ0) is 18.5. The summed E-state index contributed by atoms with van der Waals surface area (Å²) in [6, 6.07) is 31.7. The van der Waals surface area contributed by atoms with Crippen molar-refractivity contribution in [2.45, 2.75) is 0 Å². The van der Waals surface area contributed by atoms with Gasteiger partial charge < -0.3 is 0 Å². The fraction of sp³-hybridized carbons (Fsp3) is 0.0417. The molecule has 27 heavy (non-hydrogen) atoms. The smallest absolute Gasteiger partial charge is 0.129 e. The Hall–Kier alpha value is -2.62. The summed E-state index contributed by atoms with van der Waals surface area (Å²) in [5.74, 6) is 0. The Morgan fingerprint density at radius 3 is 2.04 bits per heavy atom. The lowest BCUT2D eigenvalue weighted by molar-refractivity contribution is -0.519. The minimum absolute atomic E-state index is 1.18. The monoisotopic (exact) mass is 386 g/mol. The first-order valence-electron chi connectivity index (χ1n) is 8.83. The molecule has 0 bridgehead atoms. The van der Waals surface area contributed by atoms with E-state index in [1.54, 1.807) is 23.3 Å². The number of hydrogen-bond acceptors (Lipinski definition) is 2. The van der Waals surface area contributed by atoms with Crippen molar-refractivity contribution in [3.8, 4) is 16.8 Å².